The molecule has 4 saturated carbocycles. The number of hydrogen-bond donors (Lipinski definition) is 1. The van der Waals surface area contributed by atoms with Crippen LogP contribution in [0.5, 0.6) is 0 Å². The zero-order valence-electron chi connectivity index (χ0n) is 23.0. The monoisotopic (exact) mass is 456 g/mol. The van der Waals surface area contributed by atoms with Crippen LogP contribution >= 0.6 is 0 Å². The van der Waals surface area contributed by atoms with Crippen molar-refractivity contribution in [3.05, 3.63) is 11.6 Å². The lowest BCUT2D eigenvalue weighted by atomic mass is 9.42. The maximum Gasteiger partial charge on any atom is 0.0625 e. The van der Waals surface area contributed by atoms with Crippen LogP contribution in [0.3, 0.4) is 0 Å². The third-order valence-corrected chi connectivity index (χ3v) is 13.1. The van der Waals surface area contributed by atoms with E-state index in [1.807, 2.05) is 7.11 Å². The molecule has 5 aliphatic rings. The minimum Gasteiger partial charge on any atom is -0.393 e. The zero-order chi connectivity index (χ0) is 24.0. The molecule has 2 nitrogen and oxygen atoms in total. The predicted molar refractivity (Wildman–Crippen MR) is 137 cm³/mol. The van der Waals surface area contributed by atoms with Gasteiger partial charge in [-0.05, 0) is 115 Å². The van der Waals surface area contributed by atoms with E-state index in [0.717, 1.165) is 24.2 Å². The van der Waals surface area contributed by atoms with E-state index in [1.54, 1.807) is 5.57 Å². The molecule has 0 radical (unpaired) electrons. The van der Waals surface area contributed by atoms with Gasteiger partial charge in [0.1, 0.15) is 0 Å². The van der Waals surface area contributed by atoms with Crippen LogP contribution in [0.4, 0.5) is 0 Å². The molecule has 188 valence electrons. The van der Waals surface area contributed by atoms with Crippen molar-refractivity contribution in [3.8, 4) is 0 Å². The molecule has 0 aliphatic heterocycles. The number of fused-ring (bicyclic) bond motifs is 6. The van der Waals surface area contributed by atoms with Gasteiger partial charge in [0.25, 0.3) is 0 Å². The highest BCUT2D eigenvalue weighted by Crippen LogP contribution is 2.70. The van der Waals surface area contributed by atoms with E-state index in [0.29, 0.717) is 28.3 Å². The van der Waals surface area contributed by atoms with Gasteiger partial charge in [0, 0.05) is 7.11 Å². The first-order chi connectivity index (χ1) is 15.3. The highest BCUT2D eigenvalue weighted by Gasteiger charge is 2.63. The summed E-state index contributed by atoms with van der Waals surface area (Å²) in [5.41, 5.74) is 3.32. The Kier molecular flexibility index (Phi) is 5.60. The summed E-state index contributed by atoms with van der Waals surface area (Å²) in [6.45, 7) is 17.7. The lowest BCUT2D eigenvalue weighted by Crippen LogP contribution is -2.58. The number of aliphatic hydroxyl groups is 1. The van der Waals surface area contributed by atoms with E-state index in [1.165, 1.54) is 57.8 Å². The minimum atomic E-state index is -0.144. The highest BCUT2D eigenvalue weighted by molar-refractivity contribution is 5.25. The maximum absolute atomic E-state index is 10.9. The average Bonchev–Trinajstić information content (AvgIpc) is 2.88. The smallest absolute Gasteiger partial charge is 0.0625 e. The van der Waals surface area contributed by atoms with E-state index < -0.39 is 0 Å². The second-order valence-electron chi connectivity index (χ2n) is 15.1. The van der Waals surface area contributed by atoms with Crippen LogP contribution < -0.4 is 0 Å². The molecule has 0 saturated heterocycles. The van der Waals surface area contributed by atoms with Crippen molar-refractivity contribution < 1.29 is 9.84 Å². The summed E-state index contributed by atoms with van der Waals surface area (Å²) in [6, 6.07) is 0. The van der Waals surface area contributed by atoms with E-state index in [4.69, 9.17) is 4.74 Å². The highest BCUT2D eigenvalue weighted by atomic mass is 16.5. The molecule has 0 bridgehead atoms. The molecular weight excluding hydrogens is 404 g/mol. The Morgan fingerprint density at radius 1 is 0.758 bits per heavy atom. The summed E-state index contributed by atoms with van der Waals surface area (Å²) in [5, 5.41) is 10.9. The molecule has 0 heterocycles. The zero-order valence-corrected chi connectivity index (χ0v) is 23.0. The fraction of sp³-hybridized carbons (Fsp3) is 0.935. The summed E-state index contributed by atoms with van der Waals surface area (Å²) < 4.78 is 6.03. The van der Waals surface area contributed by atoms with Crippen molar-refractivity contribution in [2.75, 3.05) is 7.11 Å². The van der Waals surface area contributed by atoms with E-state index in [2.05, 4.69) is 54.5 Å². The van der Waals surface area contributed by atoms with Gasteiger partial charge < -0.3 is 9.84 Å². The number of aliphatic hydroxyl groups excluding tert-OH is 1. The summed E-state index contributed by atoms with van der Waals surface area (Å²) in [5.74, 6) is 2.91. The molecule has 0 amide bonds. The molecular formula is C31H52O2. The normalized spacial score (nSPS) is 52.9. The fourth-order valence-electron chi connectivity index (χ4n) is 11.3. The van der Waals surface area contributed by atoms with Gasteiger partial charge in [0.2, 0.25) is 0 Å². The van der Waals surface area contributed by atoms with E-state index in [-0.39, 0.29) is 16.9 Å². The Hall–Kier alpha value is -0.340. The lowest BCUT2D eigenvalue weighted by Gasteiger charge is -2.64. The van der Waals surface area contributed by atoms with Gasteiger partial charge in [0.15, 0.2) is 0 Å². The maximum atomic E-state index is 10.9. The lowest BCUT2D eigenvalue weighted by molar-refractivity contribution is -0.178. The predicted octanol–water partition coefficient (Wildman–Crippen LogP) is 7.79. The number of methoxy groups -OCH3 is 1. The minimum absolute atomic E-state index is 0.0254. The Morgan fingerprint density at radius 2 is 1.45 bits per heavy atom. The molecule has 0 aromatic heterocycles. The molecule has 0 aromatic carbocycles. The molecule has 0 unspecified atom stereocenters. The van der Waals surface area contributed by atoms with E-state index in [9.17, 15) is 5.11 Å². The molecule has 0 aromatic rings. The van der Waals surface area contributed by atoms with Gasteiger partial charge >= 0.3 is 0 Å². The van der Waals surface area contributed by atoms with Crippen LogP contribution in [-0.2, 0) is 4.74 Å². The van der Waals surface area contributed by atoms with Crippen molar-refractivity contribution in [1.82, 2.24) is 0 Å². The molecule has 5 aliphatic carbocycles. The van der Waals surface area contributed by atoms with Crippen LogP contribution in [0, 0.1) is 50.7 Å². The van der Waals surface area contributed by atoms with Gasteiger partial charge in [0.05, 0.1) is 12.2 Å². The van der Waals surface area contributed by atoms with E-state index >= 15 is 0 Å². The van der Waals surface area contributed by atoms with Crippen LogP contribution in [0.2, 0.25) is 0 Å². The molecule has 5 rings (SSSR count). The first-order valence-electron chi connectivity index (χ1n) is 14.2. The van der Waals surface area contributed by atoms with Gasteiger partial charge in [-0.25, -0.2) is 0 Å². The SMILES string of the molecule is CO[C@H]1CC[C@@]2(C)[C@@H](CC[C@@]3(C)CC4=CC[C@H]5C(C)(C)[C@H](O)CC[C@]5(C)[C@H]4CC[C@@H]32)C1(C)C. The summed E-state index contributed by atoms with van der Waals surface area (Å²) >= 11 is 0. The third kappa shape index (κ3) is 3.24. The fourth-order valence-corrected chi connectivity index (χ4v) is 11.3. The van der Waals surface area contributed by atoms with Crippen LogP contribution in [-0.4, -0.2) is 24.4 Å². The summed E-state index contributed by atoms with van der Waals surface area (Å²) in [4.78, 5) is 0. The van der Waals surface area contributed by atoms with Gasteiger partial charge in [-0.15, -0.1) is 0 Å². The number of rotatable bonds is 1. The first kappa shape index (κ1) is 24.4. The number of allylic oxidation sites excluding steroid dienone is 2. The second-order valence-corrected chi connectivity index (χ2v) is 15.1. The second kappa shape index (κ2) is 7.58. The summed E-state index contributed by atoms with van der Waals surface area (Å²) in [7, 11) is 1.94. The van der Waals surface area contributed by atoms with Crippen molar-refractivity contribution >= 4 is 0 Å². The molecule has 2 heteroatoms. The van der Waals surface area contributed by atoms with Crippen molar-refractivity contribution in [1.29, 1.82) is 0 Å². The topological polar surface area (TPSA) is 29.5 Å². The Bertz CT molecular complexity index is 810. The largest absolute Gasteiger partial charge is 0.393 e. The van der Waals surface area contributed by atoms with Gasteiger partial charge in [-0.1, -0.05) is 60.1 Å². The molecule has 0 spiro atoms. The van der Waals surface area contributed by atoms with Crippen LogP contribution in [0.1, 0.15) is 113 Å². The van der Waals surface area contributed by atoms with Crippen LogP contribution in [0.15, 0.2) is 11.6 Å². The average molecular weight is 457 g/mol. The Labute approximate surface area is 204 Å². The first-order valence-corrected chi connectivity index (χ1v) is 14.2. The molecule has 9 atom stereocenters. The third-order valence-electron chi connectivity index (χ3n) is 13.1. The standard InChI is InChI=1S/C31H52O2/c1-27(2)22-11-9-20-19-29(5)16-13-23-28(3,4)26(33-8)15-18-31(23,7)24(29)12-10-21(20)30(22,6)17-14-25(27)32/h9,21-26,32H,10-19H2,1-8H3/t21-,22-,23-,24-,25+,26-,29-,30+,31-/m0/s1. The van der Waals surface area contributed by atoms with Crippen LogP contribution in [0.25, 0.3) is 0 Å². The summed E-state index contributed by atoms with van der Waals surface area (Å²) in [6.07, 6.45) is 15.7. The van der Waals surface area contributed by atoms with Crippen molar-refractivity contribution in [2.45, 2.75) is 125 Å². The Morgan fingerprint density at radius 3 is 2.15 bits per heavy atom. The number of ether oxygens (including phenoxy) is 1. The van der Waals surface area contributed by atoms with Crippen molar-refractivity contribution in [2.24, 2.45) is 50.7 Å². The molecule has 4 fully saturated rings. The Balaban J connectivity index is 1.49. The number of hydrogen-bond acceptors (Lipinski definition) is 2. The molecule has 1 N–H and O–H groups in total. The van der Waals surface area contributed by atoms with Gasteiger partial charge in [-0.3, -0.25) is 0 Å². The quantitative estimate of drug-likeness (QED) is 0.408. The van der Waals surface area contributed by atoms with Crippen molar-refractivity contribution in [3.63, 3.8) is 0 Å². The molecule has 33 heavy (non-hydrogen) atoms. The van der Waals surface area contributed by atoms with Gasteiger partial charge in [-0.2, -0.15) is 0 Å².